The van der Waals surface area contributed by atoms with Gasteiger partial charge in [-0.1, -0.05) is 124 Å². The Balaban J connectivity index is 3.73. The fourth-order valence-corrected chi connectivity index (χ4v) is 4.13. The van der Waals surface area contributed by atoms with Crippen LogP contribution in [-0.4, -0.2) is 43.3 Å². The fraction of sp³-hybridized carbons (Fsp3) is 0.929. The summed E-state index contributed by atoms with van der Waals surface area (Å²) in [6.07, 6.45) is 21.0. The van der Waals surface area contributed by atoms with Crippen LogP contribution in [0.5, 0.6) is 0 Å². The maximum atomic E-state index is 12.5. The molecule has 0 aliphatic carbocycles. The van der Waals surface area contributed by atoms with E-state index in [2.05, 4.69) is 6.92 Å². The zero-order valence-corrected chi connectivity index (χ0v) is 22.7. The van der Waals surface area contributed by atoms with E-state index in [-0.39, 0.29) is 11.9 Å². The van der Waals surface area contributed by atoms with Crippen LogP contribution in [-0.2, 0) is 14.3 Å². The Kier molecular flexibility index (Phi) is 21.7. The number of esters is 1. The van der Waals surface area contributed by atoms with E-state index in [1.807, 2.05) is 20.8 Å². The number of carbonyl (C=O) groups is 2. The minimum atomic E-state index is -0.601. The van der Waals surface area contributed by atoms with Crippen molar-refractivity contribution in [2.75, 3.05) is 20.3 Å². The van der Waals surface area contributed by atoms with Crippen LogP contribution in [0.3, 0.4) is 0 Å². The van der Waals surface area contributed by atoms with Gasteiger partial charge in [-0.3, -0.25) is 4.90 Å². The molecule has 0 N–H and O–H groups in total. The first kappa shape index (κ1) is 31.7. The monoisotopic (exact) mass is 469 g/mol. The first-order valence-electron chi connectivity index (χ1n) is 14.0. The van der Waals surface area contributed by atoms with Crippen molar-refractivity contribution in [1.29, 1.82) is 0 Å². The molecule has 5 heteroatoms. The average molecular weight is 470 g/mol. The van der Waals surface area contributed by atoms with E-state index in [0.29, 0.717) is 13.2 Å². The van der Waals surface area contributed by atoms with Gasteiger partial charge in [-0.05, 0) is 18.8 Å². The molecule has 0 radical (unpaired) electrons. The Morgan fingerprint density at radius 2 is 1.00 bits per heavy atom. The summed E-state index contributed by atoms with van der Waals surface area (Å²) in [4.78, 5) is 26.1. The topological polar surface area (TPSA) is 55.8 Å². The van der Waals surface area contributed by atoms with Crippen LogP contribution in [0.4, 0.5) is 4.79 Å². The molecule has 1 amide bonds. The summed E-state index contributed by atoms with van der Waals surface area (Å²) < 4.78 is 10.7. The molecule has 1 atom stereocenters. The third-order valence-electron chi connectivity index (χ3n) is 6.29. The predicted molar refractivity (Wildman–Crippen MR) is 139 cm³/mol. The van der Waals surface area contributed by atoms with E-state index >= 15 is 0 Å². The molecule has 0 aliphatic rings. The number of hydrogen-bond donors (Lipinski definition) is 0. The molecule has 0 aromatic carbocycles. The van der Waals surface area contributed by atoms with Gasteiger partial charge in [0.25, 0.3) is 0 Å². The van der Waals surface area contributed by atoms with Gasteiger partial charge in [0.15, 0.2) is 0 Å². The summed E-state index contributed by atoms with van der Waals surface area (Å²) in [6, 6.07) is -0.601. The third-order valence-corrected chi connectivity index (χ3v) is 6.29. The molecule has 0 saturated carbocycles. The van der Waals surface area contributed by atoms with Gasteiger partial charge in [-0.15, -0.1) is 0 Å². The number of likely N-dealkylation sites (N-methyl/N-ethyl adjacent to an activating group) is 1. The largest absolute Gasteiger partial charge is 0.464 e. The van der Waals surface area contributed by atoms with Crippen LogP contribution >= 0.6 is 0 Å². The summed E-state index contributed by atoms with van der Waals surface area (Å²) in [7, 11) is 1.62. The molecule has 0 saturated heterocycles. The fourth-order valence-electron chi connectivity index (χ4n) is 4.13. The lowest BCUT2D eigenvalue weighted by Crippen LogP contribution is -2.46. The SMILES string of the molecule is CCCCCCCCCCCCCCCCCOC(=O)C(C(C)C)N(C)C(=O)OCCCC. The Hall–Kier alpha value is -1.26. The van der Waals surface area contributed by atoms with Crippen LogP contribution in [0, 0.1) is 5.92 Å². The first-order valence-corrected chi connectivity index (χ1v) is 14.0. The molecule has 0 aliphatic heterocycles. The number of carbonyl (C=O) groups excluding carboxylic acids is 2. The van der Waals surface area contributed by atoms with Gasteiger partial charge in [0.1, 0.15) is 6.04 Å². The van der Waals surface area contributed by atoms with Crippen molar-refractivity contribution < 1.29 is 19.1 Å². The highest BCUT2D eigenvalue weighted by molar-refractivity contribution is 5.81. The smallest absolute Gasteiger partial charge is 0.410 e. The normalized spacial score (nSPS) is 12.1. The molecule has 0 spiro atoms. The van der Waals surface area contributed by atoms with E-state index in [9.17, 15) is 9.59 Å². The van der Waals surface area contributed by atoms with Crippen molar-refractivity contribution >= 4 is 12.1 Å². The molecule has 5 nitrogen and oxygen atoms in total. The highest BCUT2D eigenvalue weighted by atomic mass is 16.6. The molecule has 0 bridgehead atoms. The molecule has 0 heterocycles. The highest BCUT2D eigenvalue weighted by Crippen LogP contribution is 2.15. The molecule has 0 aromatic heterocycles. The van der Waals surface area contributed by atoms with Crippen molar-refractivity contribution in [2.45, 2.75) is 143 Å². The molecule has 33 heavy (non-hydrogen) atoms. The van der Waals surface area contributed by atoms with Gasteiger partial charge in [0.05, 0.1) is 13.2 Å². The lowest BCUT2D eigenvalue weighted by Gasteiger charge is -2.28. The van der Waals surface area contributed by atoms with Gasteiger partial charge < -0.3 is 9.47 Å². The second kappa shape index (κ2) is 22.5. The molecule has 196 valence electrons. The Labute approximate surface area is 205 Å². The second-order valence-corrected chi connectivity index (χ2v) is 9.88. The van der Waals surface area contributed by atoms with Crippen LogP contribution < -0.4 is 0 Å². The van der Waals surface area contributed by atoms with Gasteiger partial charge in [0.2, 0.25) is 0 Å². The van der Waals surface area contributed by atoms with Gasteiger partial charge in [0, 0.05) is 7.05 Å². The average Bonchev–Trinajstić information content (AvgIpc) is 2.78. The summed E-state index contributed by atoms with van der Waals surface area (Å²) >= 11 is 0. The van der Waals surface area contributed by atoms with Crippen molar-refractivity contribution in [3.05, 3.63) is 0 Å². The van der Waals surface area contributed by atoms with Crippen molar-refractivity contribution in [1.82, 2.24) is 4.90 Å². The predicted octanol–water partition coefficient (Wildman–Crippen LogP) is 8.29. The zero-order valence-electron chi connectivity index (χ0n) is 22.7. The maximum absolute atomic E-state index is 12.5. The highest BCUT2D eigenvalue weighted by Gasteiger charge is 2.32. The Morgan fingerprint density at radius 3 is 1.42 bits per heavy atom. The maximum Gasteiger partial charge on any atom is 0.410 e. The quantitative estimate of drug-likeness (QED) is 0.118. The summed E-state index contributed by atoms with van der Waals surface area (Å²) in [5.41, 5.74) is 0. The van der Waals surface area contributed by atoms with Crippen molar-refractivity contribution in [3.63, 3.8) is 0 Å². The van der Waals surface area contributed by atoms with Crippen molar-refractivity contribution in [2.24, 2.45) is 5.92 Å². The molecule has 0 fully saturated rings. The first-order chi connectivity index (χ1) is 16.0. The van der Waals surface area contributed by atoms with Gasteiger partial charge in [-0.2, -0.15) is 0 Å². The third kappa shape index (κ3) is 17.8. The summed E-state index contributed by atoms with van der Waals surface area (Å²) in [5, 5.41) is 0. The number of hydrogen-bond acceptors (Lipinski definition) is 4. The van der Waals surface area contributed by atoms with E-state index in [4.69, 9.17) is 9.47 Å². The molecule has 0 rings (SSSR count). The van der Waals surface area contributed by atoms with Crippen LogP contribution in [0.15, 0.2) is 0 Å². The van der Waals surface area contributed by atoms with Crippen LogP contribution in [0.1, 0.15) is 137 Å². The van der Waals surface area contributed by atoms with E-state index in [1.165, 1.54) is 88.4 Å². The zero-order chi connectivity index (χ0) is 24.7. The summed E-state index contributed by atoms with van der Waals surface area (Å²) in [5.74, 6) is -0.354. The number of ether oxygens (including phenoxy) is 2. The lowest BCUT2D eigenvalue weighted by atomic mass is 10.0. The summed E-state index contributed by atoms with van der Waals surface area (Å²) in [6.45, 7) is 8.99. The number of nitrogens with zero attached hydrogens (tertiary/aromatic N) is 1. The molecular weight excluding hydrogens is 414 g/mol. The lowest BCUT2D eigenvalue weighted by molar-refractivity contribution is -0.150. The molecular formula is C28H55NO4. The van der Waals surface area contributed by atoms with E-state index in [1.54, 1.807) is 7.05 Å². The number of unbranched alkanes of at least 4 members (excludes halogenated alkanes) is 15. The van der Waals surface area contributed by atoms with Gasteiger partial charge in [-0.25, -0.2) is 9.59 Å². The number of rotatable bonds is 22. The standard InChI is InChI=1S/C28H55NO4/c1-6-8-10-11-12-13-14-15-16-17-18-19-20-21-22-24-32-27(30)26(25(3)4)29(5)28(31)33-23-9-7-2/h25-26H,6-24H2,1-5H3. The van der Waals surface area contributed by atoms with Crippen LogP contribution in [0.2, 0.25) is 0 Å². The molecule has 0 aromatic rings. The Morgan fingerprint density at radius 1 is 0.606 bits per heavy atom. The van der Waals surface area contributed by atoms with Crippen LogP contribution in [0.25, 0.3) is 0 Å². The minimum absolute atomic E-state index is 0.0257. The van der Waals surface area contributed by atoms with E-state index < -0.39 is 12.1 Å². The second-order valence-electron chi connectivity index (χ2n) is 9.88. The Bertz CT molecular complexity index is 467. The minimum Gasteiger partial charge on any atom is -0.464 e. The van der Waals surface area contributed by atoms with E-state index in [0.717, 1.165) is 25.7 Å². The van der Waals surface area contributed by atoms with Crippen molar-refractivity contribution in [3.8, 4) is 0 Å². The van der Waals surface area contributed by atoms with Gasteiger partial charge >= 0.3 is 12.1 Å². The number of amides is 1. The molecule has 1 unspecified atom stereocenters.